The van der Waals surface area contributed by atoms with Crippen molar-refractivity contribution in [3.8, 4) is 0 Å². The van der Waals surface area contributed by atoms with E-state index in [-0.39, 0.29) is 0 Å². The normalized spacial score (nSPS) is 18.8. The van der Waals surface area contributed by atoms with Crippen LogP contribution in [0.4, 0.5) is 17.5 Å². The molecule has 2 aromatic rings. The van der Waals surface area contributed by atoms with Crippen LogP contribution in [0.15, 0.2) is 36.8 Å². The first-order valence-electron chi connectivity index (χ1n) is 8.88. The van der Waals surface area contributed by atoms with E-state index in [0.29, 0.717) is 6.04 Å². The molecule has 2 aliphatic rings. The minimum atomic E-state index is 0.578. The highest BCUT2D eigenvalue weighted by Crippen LogP contribution is 2.23. The second kappa shape index (κ2) is 7.03. The van der Waals surface area contributed by atoms with Crippen LogP contribution in [0, 0.1) is 0 Å². The van der Waals surface area contributed by atoms with Crippen molar-refractivity contribution in [3.63, 3.8) is 0 Å². The Morgan fingerprint density at radius 3 is 2.33 bits per heavy atom. The highest BCUT2D eigenvalue weighted by molar-refractivity contribution is 5.50. The molecule has 1 saturated carbocycles. The Balaban J connectivity index is 1.38. The number of anilines is 3. The molecule has 0 amide bonds. The summed E-state index contributed by atoms with van der Waals surface area (Å²) < 4.78 is 0. The number of piperazine rings is 1. The summed E-state index contributed by atoms with van der Waals surface area (Å²) >= 11 is 0. The number of nitrogens with one attached hydrogen (secondary N) is 1. The summed E-state index contributed by atoms with van der Waals surface area (Å²) in [6.07, 6.45) is 8.69. The molecular weight excluding hydrogens is 300 g/mol. The van der Waals surface area contributed by atoms with Crippen molar-refractivity contribution < 1.29 is 0 Å². The molecule has 2 fully saturated rings. The van der Waals surface area contributed by atoms with E-state index in [2.05, 4.69) is 42.2 Å². The molecule has 0 radical (unpaired) electrons. The zero-order valence-electron chi connectivity index (χ0n) is 13.9. The van der Waals surface area contributed by atoms with Crippen LogP contribution in [0.25, 0.3) is 0 Å². The third kappa shape index (κ3) is 3.42. The molecule has 1 aliphatic carbocycles. The highest BCUT2D eigenvalue weighted by atomic mass is 15.3. The van der Waals surface area contributed by atoms with Gasteiger partial charge in [-0.15, -0.1) is 0 Å². The molecule has 1 N–H and O–H groups in total. The molecule has 0 atom stereocenters. The van der Waals surface area contributed by atoms with Gasteiger partial charge in [-0.1, -0.05) is 18.9 Å². The van der Waals surface area contributed by atoms with E-state index in [4.69, 9.17) is 0 Å². The number of pyridine rings is 1. The van der Waals surface area contributed by atoms with E-state index in [1.54, 1.807) is 6.33 Å². The van der Waals surface area contributed by atoms with Gasteiger partial charge in [0.25, 0.3) is 0 Å². The number of hydrogen-bond acceptors (Lipinski definition) is 6. The number of nitrogens with zero attached hydrogens (tertiary/aromatic N) is 5. The lowest BCUT2D eigenvalue weighted by Crippen LogP contribution is -2.47. The number of rotatable bonds is 4. The van der Waals surface area contributed by atoms with Crippen molar-refractivity contribution in [2.75, 3.05) is 41.3 Å². The molecule has 2 aromatic heterocycles. The SMILES string of the molecule is c1ccc(N2CCN(c3cc(NC4CCCC4)ncn3)CC2)nc1. The maximum absolute atomic E-state index is 4.48. The molecule has 0 bridgehead atoms. The average Bonchev–Trinajstić information content (AvgIpc) is 3.16. The molecule has 1 saturated heterocycles. The summed E-state index contributed by atoms with van der Waals surface area (Å²) in [6.45, 7) is 3.84. The summed E-state index contributed by atoms with van der Waals surface area (Å²) in [5.41, 5.74) is 0. The van der Waals surface area contributed by atoms with Crippen molar-refractivity contribution in [1.82, 2.24) is 15.0 Å². The maximum Gasteiger partial charge on any atom is 0.134 e. The lowest BCUT2D eigenvalue weighted by Gasteiger charge is -2.36. The second-order valence-electron chi connectivity index (χ2n) is 6.55. The van der Waals surface area contributed by atoms with E-state index >= 15 is 0 Å². The molecule has 3 heterocycles. The summed E-state index contributed by atoms with van der Waals surface area (Å²) in [4.78, 5) is 18.0. The van der Waals surface area contributed by atoms with Crippen LogP contribution >= 0.6 is 0 Å². The molecule has 6 nitrogen and oxygen atoms in total. The van der Waals surface area contributed by atoms with Gasteiger partial charge in [-0.2, -0.15) is 0 Å². The van der Waals surface area contributed by atoms with Gasteiger partial charge in [0.15, 0.2) is 0 Å². The minimum absolute atomic E-state index is 0.578. The maximum atomic E-state index is 4.48. The molecule has 126 valence electrons. The predicted molar refractivity (Wildman–Crippen MR) is 96.6 cm³/mol. The van der Waals surface area contributed by atoms with E-state index in [1.807, 2.05) is 18.3 Å². The zero-order chi connectivity index (χ0) is 16.2. The van der Waals surface area contributed by atoms with Crippen molar-refractivity contribution in [1.29, 1.82) is 0 Å². The minimum Gasteiger partial charge on any atom is -0.367 e. The standard InChI is InChI=1S/C18H24N6/c1-2-6-15(5-1)22-16-13-18(21-14-20-16)24-11-9-23(10-12-24)17-7-3-4-8-19-17/h3-4,7-8,13-15H,1-2,5-6,9-12H2,(H,20,21,22). The van der Waals surface area contributed by atoms with Crippen molar-refractivity contribution >= 4 is 17.5 Å². The van der Waals surface area contributed by atoms with E-state index in [0.717, 1.165) is 43.6 Å². The number of aromatic nitrogens is 3. The molecule has 0 unspecified atom stereocenters. The van der Waals surface area contributed by atoms with Crippen LogP contribution < -0.4 is 15.1 Å². The van der Waals surface area contributed by atoms with Crippen molar-refractivity contribution in [2.24, 2.45) is 0 Å². The van der Waals surface area contributed by atoms with Gasteiger partial charge in [0, 0.05) is 44.5 Å². The van der Waals surface area contributed by atoms with Gasteiger partial charge in [0.05, 0.1) is 0 Å². The lowest BCUT2D eigenvalue weighted by molar-refractivity contribution is 0.641. The Hall–Kier alpha value is -2.37. The van der Waals surface area contributed by atoms with Crippen LogP contribution in [0.1, 0.15) is 25.7 Å². The fourth-order valence-electron chi connectivity index (χ4n) is 3.58. The van der Waals surface area contributed by atoms with Crippen molar-refractivity contribution in [2.45, 2.75) is 31.7 Å². The Labute approximate surface area is 142 Å². The van der Waals surface area contributed by atoms with E-state index in [9.17, 15) is 0 Å². The summed E-state index contributed by atoms with van der Waals surface area (Å²) in [7, 11) is 0. The molecule has 6 heteroatoms. The lowest BCUT2D eigenvalue weighted by atomic mass is 10.2. The van der Waals surface area contributed by atoms with Gasteiger partial charge < -0.3 is 15.1 Å². The van der Waals surface area contributed by atoms with Crippen LogP contribution in [0.2, 0.25) is 0 Å². The number of hydrogen-bond donors (Lipinski definition) is 1. The van der Waals surface area contributed by atoms with E-state index in [1.165, 1.54) is 25.7 Å². The van der Waals surface area contributed by atoms with Crippen molar-refractivity contribution in [3.05, 3.63) is 36.8 Å². The Kier molecular flexibility index (Phi) is 4.44. The topological polar surface area (TPSA) is 57.2 Å². The van der Waals surface area contributed by atoms with Gasteiger partial charge in [0.1, 0.15) is 23.8 Å². The summed E-state index contributed by atoms with van der Waals surface area (Å²) in [6, 6.07) is 8.74. The van der Waals surface area contributed by atoms with Crippen LogP contribution in [-0.4, -0.2) is 47.2 Å². The monoisotopic (exact) mass is 324 g/mol. The van der Waals surface area contributed by atoms with Crippen LogP contribution in [0.5, 0.6) is 0 Å². The quantitative estimate of drug-likeness (QED) is 0.933. The first kappa shape index (κ1) is 15.2. The zero-order valence-corrected chi connectivity index (χ0v) is 13.9. The third-order valence-electron chi connectivity index (χ3n) is 4.94. The fraction of sp³-hybridized carbons (Fsp3) is 0.500. The molecule has 4 rings (SSSR count). The smallest absolute Gasteiger partial charge is 0.134 e. The Morgan fingerprint density at radius 1 is 0.875 bits per heavy atom. The largest absolute Gasteiger partial charge is 0.367 e. The van der Waals surface area contributed by atoms with E-state index < -0.39 is 0 Å². The third-order valence-corrected chi connectivity index (χ3v) is 4.94. The highest BCUT2D eigenvalue weighted by Gasteiger charge is 2.20. The molecule has 0 aromatic carbocycles. The van der Waals surface area contributed by atoms with Gasteiger partial charge in [0.2, 0.25) is 0 Å². The second-order valence-corrected chi connectivity index (χ2v) is 6.55. The molecule has 0 spiro atoms. The molecule has 1 aliphatic heterocycles. The molecular formula is C18H24N6. The predicted octanol–water partition coefficient (Wildman–Crippen LogP) is 2.55. The van der Waals surface area contributed by atoms with Gasteiger partial charge in [-0.3, -0.25) is 0 Å². The summed E-state index contributed by atoms with van der Waals surface area (Å²) in [5, 5.41) is 3.56. The first-order valence-corrected chi connectivity index (χ1v) is 8.88. The Bertz CT molecular complexity index is 648. The fourth-order valence-corrected chi connectivity index (χ4v) is 3.58. The summed E-state index contributed by atoms with van der Waals surface area (Å²) in [5.74, 6) is 3.04. The van der Waals surface area contributed by atoms with Crippen LogP contribution in [0.3, 0.4) is 0 Å². The average molecular weight is 324 g/mol. The molecule has 24 heavy (non-hydrogen) atoms. The van der Waals surface area contributed by atoms with Crippen LogP contribution in [-0.2, 0) is 0 Å². The van der Waals surface area contributed by atoms with Gasteiger partial charge in [-0.25, -0.2) is 15.0 Å². The van der Waals surface area contributed by atoms with Gasteiger partial charge in [-0.05, 0) is 25.0 Å². The van der Waals surface area contributed by atoms with Gasteiger partial charge >= 0.3 is 0 Å². The first-order chi connectivity index (χ1) is 11.9. The Morgan fingerprint density at radius 2 is 1.62 bits per heavy atom.